The van der Waals surface area contributed by atoms with E-state index >= 15 is 0 Å². The van der Waals surface area contributed by atoms with Crippen molar-refractivity contribution < 1.29 is 0 Å². The Morgan fingerprint density at radius 3 is 3.15 bits per heavy atom. The number of hydrogen-bond donors (Lipinski definition) is 2. The molecule has 0 aliphatic carbocycles. The van der Waals surface area contributed by atoms with Crippen molar-refractivity contribution in [2.75, 3.05) is 0 Å². The number of aromatic nitrogens is 3. The highest BCUT2D eigenvalue weighted by atomic mass is 16.1. The van der Waals surface area contributed by atoms with E-state index in [1.54, 1.807) is 18.5 Å². The van der Waals surface area contributed by atoms with Crippen molar-refractivity contribution in [2.24, 2.45) is 5.73 Å². The van der Waals surface area contributed by atoms with E-state index < -0.39 is 0 Å². The Kier molecular flexibility index (Phi) is 1.79. The lowest BCUT2D eigenvalue weighted by atomic mass is 10.3. The van der Waals surface area contributed by atoms with Gasteiger partial charge in [-0.2, -0.15) is 0 Å². The fourth-order valence-electron chi connectivity index (χ4n) is 1.14. The molecule has 0 fully saturated rings. The minimum atomic E-state index is -0.173. The molecule has 5 nitrogen and oxygen atoms in total. The first-order valence-electron chi connectivity index (χ1n) is 3.84. The number of nitrogens with one attached hydrogen (secondary N) is 1. The predicted octanol–water partition coefficient (Wildman–Crippen LogP) is -0.223. The van der Waals surface area contributed by atoms with E-state index in [1.807, 2.05) is 0 Å². The highest BCUT2D eigenvalue weighted by molar-refractivity contribution is 5.75. The van der Waals surface area contributed by atoms with E-state index in [4.69, 9.17) is 5.73 Å². The molecule has 2 aromatic heterocycles. The maximum Gasteiger partial charge on any atom is 0.258 e. The predicted molar refractivity (Wildman–Crippen MR) is 48.1 cm³/mol. The first-order valence-corrected chi connectivity index (χ1v) is 3.84. The van der Waals surface area contributed by atoms with Crippen LogP contribution in [0.25, 0.3) is 10.9 Å². The summed E-state index contributed by atoms with van der Waals surface area (Å²) < 4.78 is 0. The van der Waals surface area contributed by atoms with Gasteiger partial charge in [0.15, 0.2) is 0 Å². The van der Waals surface area contributed by atoms with Crippen LogP contribution in [-0.4, -0.2) is 15.0 Å². The van der Waals surface area contributed by atoms with Crippen LogP contribution in [0.4, 0.5) is 0 Å². The number of pyridine rings is 1. The van der Waals surface area contributed by atoms with Crippen LogP contribution in [0.1, 0.15) is 5.82 Å². The lowest BCUT2D eigenvalue weighted by Crippen LogP contribution is -2.14. The molecule has 0 aliphatic rings. The molecule has 0 bridgehead atoms. The summed E-state index contributed by atoms with van der Waals surface area (Å²) >= 11 is 0. The monoisotopic (exact) mass is 176 g/mol. The summed E-state index contributed by atoms with van der Waals surface area (Å²) in [4.78, 5) is 21.9. The fraction of sp³-hybridized carbons (Fsp3) is 0.125. The Balaban J connectivity index is 2.85. The number of hydrogen-bond acceptors (Lipinski definition) is 4. The highest BCUT2D eigenvalue weighted by Gasteiger charge is 2.00. The number of H-pyrrole nitrogens is 1. The van der Waals surface area contributed by atoms with Gasteiger partial charge in [-0.15, -0.1) is 0 Å². The first kappa shape index (κ1) is 7.88. The van der Waals surface area contributed by atoms with Crippen LogP contribution in [0.2, 0.25) is 0 Å². The SMILES string of the molecule is NCc1nc2cnccc2c(=O)[nH]1. The zero-order valence-corrected chi connectivity index (χ0v) is 6.82. The van der Waals surface area contributed by atoms with E-state index in [1.165, 1.54) is 0 Å². The van der Waals surface area contributed by atoms with Crippen LogP contribution in [-0.2, 0) is 6.54 Å². The minimum Gasteiger partial charge on any atom is -0.324 e. The molecule has 3 N–H and O–H groups in total. The highest BCUT2D eigenvalue weighted by Crippen LogP contribution is 2.02. The smallest absolute Gasteiger partial charge is 0.258 e. The van der Waals surface area contributed by atoms with Gasteiger partial charge in [0, 0.05) is 6.20 Å². The van der Waals surface area contributed by atoms with E-state index in [2.05, 4.69) is 15.0 Å². The van der Waals surface area contributed by atoms with Crippen molar-refractivity contribution in [3.63, 3.8) is 0 Å². The van der Waals surface area contributed by atoms with Gasteiger partial charge in [-0.05, 0) is 6.07 Å². The van der Waals surface area contributed by atoms with Gasteiger partial charge >= 0.3 is 0 Å². The van der Waals surface area contributed by atoms with Crippen LogP contribution in [0.5, 0.6) is 0 Å². The summed E-state index contributed by atoms with van der Waals surface area (Å²) in [6.07, 6.45) is 3.10. The van der Waals surface area contributed by atoms with Gasteiger partial charge in [-0.1, -0.05) is 0 Å². The molecule has 0 unspecified atom stereocenters. The third-order valence-corrected chi connectivity index (χ3v) is 1.75. The quantitative estimate of drug-likeness (QED) is 0.628. The van der Waals surface area contributed by atoms with Gasteiger partial charge in [-0.25, -0.2) is 4.98 Å². The van der Waals surface area contributed by atoms with Crippen molar-refractivity contribution in [3.8, 4) is 0 Å². The van der Waals surface area contributed by atoms with Crippen LogP contribution in [0, 0.1) is 0 Å². The van der Waals surface area contributed by atoms with Crippen molar-refractivity contribution >= 4 is 10.9 Å². The van der Waals surface area contributed by atoms with Gasteiger partial charge < -0.3 is 10.7 Å². The Labute approximate surface area is 73.6 Å². The Morgan fingerprint density at radius 1 is 1.54 bits per heavy atom. The van der Waals surface area contributed by atoms with Crippen LogP contribution < -0.4 is 11.3 Å². The molecule has 5 heteroatoms. The molecular weight excluding hydrogens is 168 g/mol. The molecule has 2 aromatic rings. The maximum absolute atomic E-state index is 11.4. The molecule has 0 saturated carbocycles. The van der Waals surface area contributed by atoms with Crippen LogP contribution >= 0.6 is 0 Å². The lowest BCUT2D eigenvalue weighted by Gasteiger charge is -1.98. The van der Waals surface area contributed by atoms with Crippen LogP contribution in [0.15, 0.2) is 23.3 Å². The van der Waals surface area contributed by atoms with Crippen molar-refractivity contribution in [1.82, 2.24) is 15.0 Å². The second kappa shape index (κ2) is 2.95. The molecule has 0 saturated heterocycles. The fourth-order valence-corrected chi connectivity index (χ4v) is 1.14. The molecule has 0 amide bonds. The van der Waals surface area contributed by atoms with Crippen molar-refractivity contribution in [3.05, 3.63) is 34.6 Å². The minimum absolute atomic E-state index is 0.173. The summed E-state index contributed by atoms with van der Waals surface area (Å²) in [5, 5.41) is 0.534. The first-order chi connectivity index (χ1) is 6.31. The number of nitrogens with two attached hydrogens (primary N) is 1. The topological polar surface area (TPSA) is 84.7 Å². The molecule has 0 aliphatic heterocycles. The van der Waals surface area contributed by atoms with E-state index in [0.29, 0.717) is 16.7 Å². The molecule has 0 aromatic carbocycles. The van der Waals surface area contributed by atoms with Crippen molar-refractivity contribution in [1.29, 1.82) is 0 Å². The zero-order chi connectivity index (χ0) is 9.26. The largest absolute Gasteiger partial charge is 0.324 e. The molecule has 2 rings (SSSR count). The normalized spacial score (nSPS) is 10.5. The second-order valence-electron chi connectivity index (χ2n) is 2.61. The number of fused-ring (bicyclic) bond motifs is 1. The molecular formula is C8H8N4O. The summed E-state index contributed by atoms with van der Waals surface area (Å²) in [5.74, 6) is 0.477. The molecule has 0 spiro atoms. The second-order valence-corrected chi connectivity index (χ2v) is 2.61. The number of rotatable bonds is 1. The summed E-state index contributed by atoms with van der Waals surface area (Å²) in [7, 11) is 0. The molecule has 0 atom stereocenters. The summed E-state index contributed by atoms with van der Waals surface area (Å²) in [6, 6.07) is 1.63. The van der Waals surface area contributed by atoms with Gasteiger partial charge in [0.1, 0.15) is 5.82 Å². The Bertz CT molecular complexity index is 491. The molecule has 2 heterocycles. The lowest BCUT2D eigenvalue weighted by molar-refractivity contribution is 0.911. The number of nitrogens with zero attached hydrogens (tertiary/aromatic N) is 2. The molecule has 0 radical (unpaired) electrons. The van der Waals surface area contributed by atoms with Gasteiger partial charge in [-0.3, -0.25) is 9.78 Å². The summed E-state index contributed by atoms with van der Waals surface area (Å²) in [6.45, 7) is 0.222. The van der Waals surface area contributed by atoms with Gasteiger partial charge in [0.2, 0.25) is 0 Å². The maximum atomic E-state index is 11.4. The van der Waals surface area contributed by atoms with Crippen LogP contribution in [0.3, 0.4) is 0 Å². The summed E-state index contributed by atoms with van der Waals surface area (Å²) in [5.41, 5.74) is 5.76. The third kappa shape index (κ3) is 1.29. The number of aromatic amines is 1. The standard InChI is InChI=1S/C8H8N4O/c9-3-7-11-6-4-10-2-1-5(6)8(13)12-7/h1-2,4H,3,9H2,(H,11,12,13). The van der Waals surface area contributed by atoms with Gasteiger partial charge in [0.05, 0.1) is 23.6 Å². The zero-order valence-electron chi connectivity index (χ0n) is 6.82. The van der Waals surface area contributed by atoms with Crippen molar-refractivity contribution in [2.45, 2.75) is 6.54 Å². The van der Waals surface area contributed by atoms with E-state index in [-0.39, 0.29) is 12.1 Å². The Morgan fingerprint density at radius 2 is 2.38 bits per heavy atom. The van der Waals surface area contributed by atoms with Gasteiger partial charge in [0.25, 0.3) is 5.56 Å². The Hall–Kier alpha value is -1.75. The molecule has 13 heavy (non-hydrogen) atoms. The average molecular weight is 176 g/mol. The van der Waals surface area contributed by atoms with E-state index in [0.717, 1.165) is 0 Å². The van der Waals surface area contributed by atoms with E-state index in [9.17, 15) is 4.79 Å². The third-order valence-electron chi connectivity index (χ3n) is 1.75. The average Bonchev–Trinajstić information content (AvgIpc) is 2.18. The molecule has 66 valence electrons.